The molecule has 0 fully saturated rings. The summed E-state index contributed by atoms with van der Waals surface area (Å²) in [6.45, 7) is 0. The Labute approximate surface area is 124 Å². The van der Waals surface area contributed by atoms with Crippen molar-refractivity contribution in [1.82, 2.24) is 4.98 Å². The first kappa shape index (κ1) is 13.7. The van der Waals surface area contributed by atoms with Crippen LogP contribution in [0.4, 0.5) is 10.1 Å². The van der Waals surface area contributed by atoms with Gasteiger partial charge >= 0.3 is 0 Å². The van der Waals surface area contributed by atoms with E-state index in [0.29, 0.717) is 5.69 Å². The average molecular weight is 300 g/mol. The number of hydrogen-bond donors (Lipinski definition) is 1. The van der Waals surface area contributed by atoms with Crippen LogP contribution in [0, 0.1) is 5.82 Å². The molecule has 1 heterocycles. The summed E-state index contributed by atoms with van der Waals surface area (Å²) in [5.41, 5.74) is 7.58. The Morgan fingerprint density at radius 2 is 2.00 bits per heavy atom. The minimum Gasteiger partial charge on any atom is -0.399 e. The lowest BCUT2D eigenvalue weighted by Gasteiger charge is -2.06. The molecule has 1 aromatic heterocycles. The van der Waals surface area contributed by atoms with Gasteiger partial charge in [0.2, 0.25) is 0 Å². The van der Waals surface area contributed by atoms with Crippen LogP contribution < -0.4 is 5.73 Å². The molecule has 0 saturated heterocycles. The van der Waals surface area contributed by atoms with Crippen LogP contribution in [0.1, 0.15) is 5.56 Å². The number of benzene rings is 2. The second-order valence-corrected chi connectivity index (χ2v) is 6.13. The highest BCUT2D eigenvalue weighted by Gasteiger charge is 2.11. The van der Waals surface area contributed by atoms with Gasteiger partial charge in [0.05, 0.1) is 27.0 Å². The third-order valence-electron chi connectivity index (χ3n) is 3.17. The zero-order valence-electron chi connectivity index (χ0n) is 11.1. The number of anilines is 1. The number of rotatable bonds is 3. The monoisotopic (exact) mass is 300 g/mol. The number of nitrogens with zero attached hydrogens (tertiary/aromatic N) is 1. The molecule has 5 heteroatoms. The van der Waals surface area contributed by atoms with Gasteiger partial charge in [-0.1, -0.05) is 12.1 Å². The van der Waals surface area contributed by atoms with Crippen molar-refractivity contribution in [1.29, 1.82) is 0 Å². The maximum Gasteiger partial charge on any atom is 0.141 e. The van der Waals surface area contributed by atoms with Gasteiger partial charge in [-0.05, 0) is 42.0 Å². The van der Waals surface area contributed by atoms with Crippen molar-refractivity contribution in [3.63, 3.8) is 0 Å². The fourth-order valence-corrected chi connectivity index (χ4v) is 3.28. The smallest absolute Gasteiger partial charge is 0.141 e. The average Bonchev–Trinajstić information content (AvgIpc) is 2.47. The van der Waals surface area contributed by atoms with Gasteiger partial charge in [-0.15, -0.1) is 0 Å². The second-order valence-electron chi connectivity index (χ2n) is 4.71. The summed E-state index contributed by atoms with van der Waals surface area (Å²) in [5, 5.41) is 0.977. The molecule has 0 aliphatic heterocycles. The molecule has 0 aliphatic rings. The molecule has 2 aromatic carbocycles. The summed E-state index contributed by atoms with van der Waals surface area (Å²) in [7, 11) is -1.45. The van der Waals surface area contributed by atoms with Gasteiger partial charge in [-0.25, -0.2) is 4.39 Å². The number of pyridine rings is 1. The Bertz CT molecular complexity index is 835. The molecule has 3 rings (SSSR count). The van der Waals surface area contributed by atoms with Crippen LogP contribution >= 0.6 is 0 Å². The van der Waals surface area contributed by atoms with E-state index in [9.17, 15) is 8.60 Å². The molecule has 3 nitrogen and oxygen atoms in total. The summed E-state index contributed by atoms with van der Waals surface area (Å²) in [5.74, 6) is -0.276. The lowest BCUT2D eigenvalue weighted by Crippen LogP contribution is -2.00. The Hall–Kier alpha value is -2.27. The minimum atomic E-state index is -1.45. The van der Waals surface area contributed by atoms with Crippen LogP contribution in [-0.2, 0) is 16.6 Å². The predicted octanol–water partition coefficient (Wildman–Crippen LogP) is 3.26. The first-order chi connectivity index (χ1) is 10.1. The quantitative estimate of drug-likeness (QED) is 0.755. The molecule has 0 radical (unpaired) electrons. The van der Waals surface area contributed by atoms with Gasteiger partial charge in [-0.2, -0.15) is 0 Å². The van der Waals surface area contributed by atoms with Crippen LogP contribution in [0.15, 0.2) is 59.6 Å². The number of halogens is 1. The van der Waals surface area contributed by atoms with Crippen LogP contribution in [0.3, 0.4) is 0 Å². The first-order valence-electron chi connectivity index (χ1n) is 6.40. The molecule has 21 heavy (non-hydrogen) atoms. The summed E-state index contributed by atoms with van der Waals surface area (Å²) >= 11 is 0. The van der Waals surface area contributed by atoms with Crippen LogP contribution in [0.25, 0.3) is 10.9 Å². The molecular formula is C16H13FN2OS. The fraction of sp³-hybridized carbons (Fsp3) is 0.0625. The first-order valence-corrected chi connectivity index (χ1v) is 7.72. The van der Waals surface area contributed by atoms with E-state index in [1.807, 2.05) is 30.3 Å². The molecule has 0 saturated carbocycles. The van der Waals surface area contributed by atoms with E-state index in [4.69, 9.17) is 5.73 Å². The molecule has 2 N–H and O–H groups in total. The highest BCUT2D eigenvalue weighted by atomic mass is 32.2. The lowest BCUT2D eigenvalue weighted by atomic mass is 10.1. The zero-order valence-corrected chi connectivity index (χ0v) is 11.9. The molecule has 0 aliphatic carbocycles. The molecule has 1 atom stereocenters. The summed E-state index contributed by atoms with van der Waals surface area (Å²) < 4.78 is 26.1. The number of hydrogen-bond acceptors (Lipinski definition) is 3. The Morgan fingerprint density at radius 3 is 2.81 bits per heavy atom. The standard InChI is InChI=1S/C16H13FN2OS/c17-14-9-13(18)4-6-16(14)21(20)10-11-3-5-15-12(8-11)2-1-7-19-15/h1-9H,10,18H2. The van der Waals surface area contributed by atoms with E-state index in [2.05, 4.69) is 4.98 Å². The topological polar surface area (TPSA) is 56.0 Å². The van der Waals surface area contributed by atoms with E-state index in [1.54, 1.807) is 12.3 Å². The molecular weight excluding hydrogens is 287 g/mol. The molecule has 0 bridgehead atoms. The van der Waals surface area contributed by atoms with E-state index in [0.717, 1.165) is 16.5 Å². The Balaban J connectivity index is 1.89. The molecule has 0 spiro atoms. The third kappa shape index (κ3) is 2.92. The van der Waals surface area contributed by atoms with Crippen molar-refractivity contribution in [3.8, 4) is 0 Å². The van der Waals surface area contributed by atoms with Crippen LogP contribution in [0.5, 0.6) is 0 Å². The van der Waals surface area contributed by atoms with Gasteiger partial charge < -0.3 is 5.73 Å². The van der Waals surface area contributed by atoms with Crippen molar-refractivity contribution >= 4 is 27.4 Å². The molecule has 3 aromatic rings. The Morgan fingerprint density at radius 1 is 1.14 bits per heavy atom. The fourth-order valence-electron chi connectivity index (χ4n) is 2.15. The number of nitrogen functional groups attached to an aromatic ring is 1. The van der Waals surface area contributed by atoms with Crippen molar-refractivity contribution in [2.24, 2.45) is 0 Å². The van der Waals surface area contributed by atoms with Crippen molar-refractivity contribution < 1.29 is 8.60 Å². The van der Waals surface area contributed by atoms with Crippen molar-refractivity contribution in [2.75, 3.05) is 5.73 Å². The highest BCUT2D eigenvalue weighted by Crippen LogP contribution is 2.20. The number of aromatic nitrogens is 1. The molecule has 0 amide bonds. The maximum atomic E-state index is 13.8. The van der Waals surface area contributed by atoms with Crippen LogP contribution in [0.2, 0.25) is 0 Å². The van der Waals surface area contributed by atoms with Crippen molar-refractivity contribution in [3.05, 3.63) is 66.1 Å². The molecule has 106 valence electrons. The summed E-state index contributed by atoms with van der Waals surface area (Å²) in [4.78, 5) is 4.41. The maximum absolute atomic E-state index is 13.8. The van der Waals surface area contributed by atoms with Crippen LogP contribution in [-0.4, -0.2) is 9.19 Å². The largest absolute Gasteiger partial charge is 0.399 e. The minimum absolute atomic E-state index is 0.176. The normalized spacial score (nSPS) is 12.4. The second kappa shape index (κ2) is 5.61. The van der Waals surface area contributed by atoms with E-state index in [-0.39, 0.29) is 10.6 Å². The van der Waals surface area contributed by atoms with E-state index >= 15 is 0 Å². The lowest BCUT2D eigenvalue weighted by molar-refractivity contribution is 0.596. The predicted molar refractivity (Wildman–Crippen MR) is 82.7 cm³/mol. The van der Waals surface area contributed by atoms with Gasteiger partial charge in [-0.3, -0.25) is 9.19 Å². The summed E-state index contributed by atoms with van der Waals surface area (Å²) in [6, 6.07) is 13.7. The van der Waals surface area contributed by atoms with Gasteiger partial charge in [0.15, 0.2) is 0 Å². The van der Waals surface area contributed by atoms with E-state index < -0.39 is 16.6 Å². The van der Waals surface area contributed by atoms with E-state index in [1.165, 1.54) is 12.1 Å². The Kier molecular flexibility index (Phi) is 3.66. The number of fused-ring (bicyclic) bond motifs is 1. The summed E-state index contributed by atoms with van der Waals surface area (Å²) in [6.07, 6.45) is 1.73. The zero-order chi connectivity index (χ0) is 14.8. The highest BCUT2D eigenvalue weighted by molar-refractivity contribution is 7.84. The number of nitrogens with two attached hydrogens (primary N) is 1. The third-order valence-corrected chi connectivity index (χ3v) is 4.58. The van der Waals surface area contributed by atoms with Gasteiger partial charge in [0.1, 0.15) is 5.82 Å². The molecule has 1 unspecified atom stereocenters. The van der Waals surface area contributed by atoms with Gasteiger partial charge in [0, 0.05) is 17.3 Å². The van der Waals surface area contributed by atoms with Gasteiger partial charge in [0.25, 0.3) is 0 Å². The van der Waals surface area contributed by atoms with Crippen molar-refractivity contribution in [2.45, 2.75) is 10.6 Å². The SMILES string of the molecule is Nc1ccc(S(=O)Cc2ccc3ncccc3c2)c(F)c1.